The van der Waals surface area contributed by atoms with E-state index in [9.17, 15) is 4.79 Å². The van der Waals surface area contributed by atoms with Gasteiger partial charge in [-0.1, -0.05) is 13.8 Å². The first-order valence-corrected chi connectivity index (χ1v) is 4.66. The molecule has 0 fully saturated rings. The molecule has 3 N–H and O–H groups in total. The molecule has 1 atom stereocenters. The van der Waals surface area contributed by atoms with Crippen molar-refractivity contribution in [3.05, 3.63) is 0 Å². The normalized spacial score (nSPS) is 13.1. The van der Waals surface area contributed by atoms with Crippen LogP contribution < -0.4 is 11.1 Å². The van der Waals surface area contributed by atoms with E-state index in [0.29, 0.717) is 6.54 Å². The molecule has 0 heterocycles. The average molecular weight is 172 g/mol. The van der Waals surface area contributed by atoms with Crippen LogP contribution in [0.3, 0.4) is 0 Å². The molecule has 0 aliphatic rings. The SMILES string of the molecule is CCC(CC)C(=O)NC(C)CN. The molecule has 1 unspecified atom stereocenters. The number of nitrogens with two attached hydrogens (primary N) is 1. The number of carbonyl (C=O) groups is 1. The molecule has 3 heteroatoms. The second-order valence-electron chi connectivity index (χ2n) is 3.16. The molecule has 0 rings (SSSR count). The van der Waals surface area contributed by atoms with Crippen LogP contribution in [0, 0.1) is 5.92 Å². The Morgan fingerprint density at radius 2 is 1.92 bits per heavy atom. The van der Waals surface area contributed by atoms with E-state index in [-0.39, 0.29) is 17.9 Å². The van der Waals surface area contributed by atoms with Crippen molar-refractivity contribution < 1.29 is 4.79 Å². The van der Waals surface area contributed by atoms with Gasteiger partial charge >= 0.3 is 0 Å². The third kappa shape index (κ3) is 3.72. The zero-order valence-corrected chi connectivity index (χ0v) is 8.26. The maximum absolute atomic E-state index is 11.4. The molecule has 0 saturated carbocycles. The van der Waals surface area contributed by atoms with Crippen molar-refractivity contribution in [2.24, 2.45) is 11.7 Å². The number of hydrogen-bond acceptors (Lipinski definition) is 2. The fraction of sp³-hybridized carbons (Fsp3) is 0.889. The van der Waals surface area contributed by atoms with Crippen LogP contribution in [-0.4, -0.2) is 18.5 Å². The van der Waals surface area contributed by atoms with Crippen LogP contribution in [0.5, 0.6) is 0 Å². The molecule has 0 aromatic carbocycles. The van der Waals surface area contributed by atoms with E-state index >= 15 is 0 Å². The smallest absolute Gasteiger partial charge is 0.223 e. The maximum atomic E-state index is 11.4. The highest BCUT2D eigenvalue weighted by Gasteiger charge is 2.14. The lowest BCUT2D eigenvalue weighted by atomic mass is 10.0. The lowest BCUT2D eigenvalue weighted by Crippen LogP contribution is -2.40. The number of amides is 1. The molecular formula is C9H20N2O. The van der Waals surface area contributed by atoms with E-state index in [1.165, 1.54) is 0 Å². The first-order valence-electron chi connectivity index (χ1n) is 4.66. The summed E-state index contributed by atoms with van der Waals surface area (Å²) >= 11 is 0. The largest absolute Gasteiger partial charge is 0.352 e. The van der Waals surface area contributed by atoms with Gasteiger partial charge in [0.1, 0.15) is 0 Å². The molecular weight excluding hydrogens is 152 g/mol. The second-order valence-corrected chi connectivity index (χ2v) is 3.16. The minimum Gasteiger partial charge on any atom is -0.352 e. The third-order valence-electron chi connectivity index (χ3n) is 2.10. The van der Waals surface area contributed by atoms with E-state index in [4.69, 9.17) is 5.73 Å². The Kier molecular flexibility index (Phi) is 5.72. The fourth-order valence-electron chi connectivity index (χ4n) is 1.08. The Balaban J connectivity index is 3.84. The van der Waals surface area contributed by atoms with Crippen molar-refractivity contribution in [3.63, 3.8) is 0 Å². The minimum absolute atomic E-state index is 0.0955. The standard InChI is InChI=1S/C9H20N2O/c1-4-8(5-2)9(12)11-7(3)6-10/h7-8H,4-6,10H2,1-3H3,(H,11,12). The monoisotopic (exact) mass is 172 g/mol. The molecule has 0 aliphatic carbocycles. The Labute approximate surface area is 74.7 Å². The lowest BCUT2D eigenvalue weighted by molar-refractivity contribution is -0.125. The van der Waals surface area contributed by atoms with Crippen LogP contribution in [-0.2, 0) is 4.79 Å². The van der Waals surface area contributed by atoms with Gasteiger partial charge in [0, 0.05) is 18.5 Å². The van der Waals surface area contributed by atoms with Gasteiger partial charge in [-0.25, -0.2) is 0 Å². The van der Waals surface area contributed by atoms with Crippen molar-refractivity contribution in [3.8, 4) is 0 Å². The summed E-state index contributed by atoms with van der Waals surface area (Å²) in [7, 11) is 0. The number of rotatable bonds is 5. The highest BCUT2D eigenvalue weighted by Crippen LogP contribution is 2.06. The zero-order chi connectivity index (χ0) is 9.56. The minimum atomic E-state index is 0.0955. The molecule has 0 aliphatic heterocycles. The van der Waals surface area contributed by atoms with Crippen molar-refractivity contribution in [1.82, 2.24) is 5.32 Å². The van der Waals surface area contributed by atoms with Gasteiger partial charge in [0.25, 0.3) is 0 Å². The first kappa shape index (κ1) is 11.4. The van der Waals surface area contributed by atoms with Crippen molar-refractivity contribution in [1.29, 1.82) is 0 Å². The molecule has 0 aromatic heterocycles. The fourth-order valence-corrected chi connectivity index (χ4v) is 1.08. The van der Waals surface area contributed by atoms with Gasteiger partial charge in [-0.15, -0.1) is 0 Å². The van der Waals surface area contributed by atoms with Gasteiger partial charge in [0.15, 0.2) is 0 Å². The summed E-state index contributed by atoms with van der Waals surface area (Å²) in [5.41, 5.74) is 5.39. The predicted molar refractivity (Wildman–Crippen MR) is 50.7 cm³/mol. The van der Waals surface area contributed by atoms with Crippen molar-refractivity contribution in [2.75, 3.05) is 6.54 Å². The number of carbonyl (C=O) groups excluding carboxylic acids is 1. The van der Waals surface area contributed by atoms with Crippen LogP contribution in [0.1, 0.15) is 33.6 Å². The van der Waals surface area contributed by atoms with Gasteiger partial charge in [-0.3, -0.25) is 4.79 Å². The molecule has 0 bridgehead atoms. The third-order valence-corrected chi connectivity index (χ3v) is 2.10. The topological polar surface area (TPSA) is 55.1 Å². The van der Waals surface area contributed by atoms with Gasteiger partial charge in [-0.05, 0) is 19.8 Å². The molecule has 0 aromatic rings. The van der Waals surface area contributed by atoms with Crippen LogP contribution in [0.15, 0.2) is 0 Å². The summed E-state index contributed by atoms with van der Waals surface area (Å²) in [6.45, 7) is 6.48. The van der Waals surface area contributed by atoms with Gasteiger partial charge in [0.2, 0.25) is 5.91 Å². The Bertz CT molecular complexity index is 132. The van der Waals surface area contributed by atoms with E-state index in [0.717, 1.165) is 12.8 Å². The average Bonchev–Trinajstić information content (AvgIpc) is 2.06. The number of nitrogens with one attached hydrogen (secondary N) is 1. The molecule has 0 saturated heterocycles. The lowest BCUT2D eigenvalue weighted by Gasteiger charge is -2.16. The molecule has 1 amide bonds. The summed E-state index contributed by atoms with van der Waals surface area (Å²) in [4.78, 5) is 11.4. The summed E-state index contributed by atoms with van der Waals surface area (Å²) < 4.78 is 0. The van der Waals surface area contributed by atoms with E-state index < -0.39 is 0 Å². The quantitative estimate of drug-likeness (QED) is 0.647. The number of hydrogen-bond donors (Lipinski definition) is 2. The zero-order valence-electron chi connectivity index (χ0n) is 8.26. The predicted octanol–water partition coefficient (Wildman–Crippen LogP) is 0.886. The summed E-state index contributed by atoms with van der Waals surface area (Å²) in [6.07, 6.45) is 1.80. The molecule has 0 radical (unpaired) electrons. The summed E-state index contributed by atoms with van der Waals surface area (Å²) in [6, 6.07) is 0.0955. The molecule has 0 spiro atoms. The Morgan fingerprint density at radius 1 is 1.42 bits per heavy atom. The maximum Gasteiger partial charge on any atom is 0.223 e. The van der Waals surface area contributed by atoms with E-state index in [2.05, 4.69) is 5.32 Å². The van der Waals surface area contributed by atoms with Crippen molar-refractivity contribution in [2.45, 2.75) is 39.7 Å². The van der Waals surface area contributed by atoms with Crippen LogP contribution in [0.25, 0.3) is 0 Å². The molecule has 72 valence electrons. The van der Waals surface area contributed by atoms with Crippen LogP contribution in [0.4, 0.5) is 0 Å². The molecule has 3 nitrogen and oxygen atoms in total. The Hall–Kier alpha value is -0.570. The van der Waals surface area contributed by atoms with E-state index in [1.54, 1.807) is 0 Å². The van der Waals surface area contributed by atoms with Crippen molar-refractivity contribution >= 4 is 5.91 Å². The second kappa shape index (κ2) is 6.00. The van der Waals surface area contributed by atoms with Crippen LogP contribution in [0.2, 0.25) is 0 Å². The van der Waals surface area contributed by atoms with E-state index in [1.807, 2.05) is 20.8 Å². The first-order chi connectivity index (χ1) is 5.65. The molecule has 12 heavy (non-hydrogen) atoms. The summed E-state index contributed by atoms with van der Waals surface area (Å²) in [5, 5.41) is 2.87. The Morgan fingerprint density at radius 3 is 2.25 bits per heavy atom. The highest BCUT2D eigenvalue weighted by molar-refractivity contribution is 5.78. The van der Waals surface area contributed by atoms with Gasteiger partial charge < -0.3 is 11.1 Å². The van der Waals surface area contributed by atoms with Crippen LogP contribution >= 0.6 is 0 Å². The highest BCUT2D eigenvalue weighted by atomic mass is 16.1. The van der Waals surface area contributed by atoms with Gasteiger partial charge in [0.05, 0.1) is 0 Å². The van der Waals surface area contributed by atoms with Gasteiger partial charge in [-0.2, -0.15) is 0 Å². The summed E-state index contributed by atoms with van der Waals surface area (Å²) in [5.74, 6) is 0.289.